The van der Waals surface area contributed by atoms with E-state index in [1.807, 2.05) is 20.8 Å². The Bertz CT molecular complexity index is 135. The van der Waals surface area contributed by atoms with Gasteiger partial charge in [-0.15, -0.1) is 0 Å². The summed E-state index contributed by atoms with van der Waals surface area (Å²) >= 11 is 4.49. The number of hydrogen-bond donors (Lipinski definition) is 0. The summed E-state index contributed by atoms with van der Waals surface area (Å²) in [6, 6.07) is 0. The third kappa shape index (κ3) is 5.69. The molecular weight excluding hydrogens is 148 g/mol. The molecule has 0 saturated heterocycles. The summed E-state index contributed by atoms with van der Waals surface area (Å²) in [5.74, 6) is -0.262. The van der Waals surface area contributed by atoms with Gasteiger partial charge in [0.15, 0.2) is 0 Å². The molecule has 2 nitrogen and oxygen atoms in total. The average Bonchev–Trinajstić information content (AvgIpc) is 1.59. The van der Waals surface area contributed by atoms with Crippen LogP contribution in [0.1, 0.15) is 27.2 Å². The average molecular weight is 160 g/mol. The Kier molecular flexibility index (Phi) is 3.50. The van der Waals surface area contributed by atoms with E-state index < -0.39 is 5.60 Å². The molecule has 0 bridgehead atoms. The maximum Gasteiger partial charge on any atom is 0.311 e. The van der Waals surface area contributed by atoms with Gasteiger partial charge in [0.1, 0.15) is 5.60 Å². The molecule has 0 amide bonds. The Morgan fingerprint density at radius 3 is 2.40 bits per heavy atom. The molecule has 0 heterocycles. The van der Waals surface area contributed by atoms with Crippen molar-refractivity contribution in [2.45, 2.75) is 32.8 Å². The van der Waals surface area contributed by atoms with Gasteiger partial charge >= 0.3 is 5.97 Å². The van der Waals surface area contributed by atoms with Crippen molar-refractivity contribution in [1.82, 2.24) is 0 Å². The first kappa shape index (κ1) is 9.56. The molecule has 0 atom stereocenters. The van der Waals surface area contributed by atoms with Crippen LogP contribution in [0.5, 0.6) is 0 Å². The number of carbonyl (C=O) groups is 1. The van der Waals surface area contributed by atoms with Crippen molar-refractivity contribution in [1.29, 1.82) is 0 Å². The van der Waals surface area contributed by atoms with E-state index in [4.69, 9.17) is 4.74 Å². The quantitative estimate of drug-likeness (QED) is 0.454. The second-order valence-electron chi connectivity index (χ2n) is 2.96. The zero-order valence-corrected chi connectivity index (χ0v) is 7.33. The highest BCUT2D eigenvalue weighted by Gasteiger charge is 2.14. The van der Waals surface area contributed by atoms with Gasteiger partial charge < -0.3 is 4.74 Å². The van der Waals surface area contributed by atoms with Crippen molar-refractivity contribution in [3.63, 3.8) is 0 Å². The fourth-order valence-electron chi connectivity index (χ4n) is 0.451. The highest BCUT2D eigenvalue weighted by Crippen LogP contribution is 2.07. The fraction of sp³-hybridized carbons (Fsp3) is 0.714. The molecule has 10 heavy (non-hydrogen) atoms. The summed E-state index contributed by atoms with van der Waals surface area (Å²) in [5.41, 5.74) is -0.393. The Hall–Kier alpha value is -0.440. The smallest absolute Gasteiger partial charge is 0.311 e. The maximum atomic E-state index is 10.7. The van der Waals surface area contributed by atoms with E-state index >= 15 is 0 Å². The third-order valence-corrected chi connectivity index (χ3v) is 0.837. The van der Waals surface area contributed by atoms with Crippen LogP contribution >= 0.6 is 12.2 Å². The molecule has 0 N–H and O–H groups in total. The minimum Gasteiger partial charge on any atom is -0.460 e. The molecule has 3 heteroatoms. The molecular formula is C7H12O2S. The van der Waals surface area contributed by atoms with E-state index in [1.54, 1.807) is 0 Å². The van der Waals surface area contributed by atoms with Gasteiger partial charge in [-0.05, 0) is 26.1 Å². The van der Waals surface area contributed by atoms with Gasteiger partial charge in [-0.25, -0.2) is 0 Å². The zero-order chi connectivity index (χ0) is 8.20. The topological polar surface area (TPSA) is 26.3 Å². The summed E-state index contributed by atoms with van der Waals surface area (Å²) in [6.45, 7) is 5.48. The van der Waals surface area contributed by atoms with Crippen LogP contribution in [-0.2, 0) is 9.53 Å². The van der Waals surface area contributed by atoms with Crippen LogP contribution in [0.25, 0.3) is 0 Å². The van der Waals surface area contributed by atoms with Crippen LogP contribution in [0.15, 0.2) is 0 Å². The molecule has 0 aromatic heterocycles. The van der Waals surface area contributed by atoms with Gasteiger partial charge in [0, 0.05) is 0 Å². The van der Waals surface area contributed by atoms with E-state index in [2.05, 4.69) is 12.2 Å². The van der Waals surface area contributed by atoms with Crippen molar-refractivity contribution in [3.05, 3.63) is 0 Å². The van der Waals surface area contributed by atoms with Gasteiger partial charge in [-0.1, -0.05) is 12.2 Å². The fourth-order valence-corrected chi connectivity index (χ4v) is 0.587. The second-order valence-corrected chi connectivity index (χ2v) is 3.29. The predicted octanol–water partition coefficient (Wildman–Crippen LogP) is 1.72. The van der Waals surface area contributed by atoms with Gasteiger partial charge in [0.2, 0.25) is 0 Å². The van der Waals surface area contributed by atoms with Crippen LogP contribution in [0.2, 0.25) is 0 Å². The van der Waals surface area contributed by atoms with E-state index in [-0.39, 0.29) is 12.4 Å². The molecule has 58 valence electrons. The Balaban J connectivity index is 3.68. The maximum absolute atomic E-state index is 10.7. The first-order valence-electron chi connectivity index (χ1n) is 3.11. The molecule has 0 aliphatic carbocycles. The van der Waals surface area contributed by atoms with Crippen molar-refractivity contribution < 1.29 is 9.53 Å². The van der Waals surface area contributed by atoms with Gasteiger partial charge in [0.25, 0.3) is 0 Å². The Morgan fingerprint density at radius 1 is 1.60 bits per heavy atom. The summed E-state index contributed by atoms with van der Waals surface area (Å²) in [7, 11) is 0. The molecule has 0 spiro atoms. The van der Waals surface area contributed by atoms with Crippen LogP contribution in [0.4, 0.5) is 0 Å². The molecule has 0 fully saturated rings. The number of hydrogen-bond acceptors (Lipinski definition) is 3. The summed E-state index contributed by atoms with van der Waals surface area (Å²) in [6.07, 6.45) is 0.215. The largest absolute Gasteiger partial charge is 0.460 e. The highest BCUT2D eigenvalue weighted by molar-refractivity contribution is 7.79. The molecule has 0 radical (unpaired) electrons. The van der Waals surface area contributed by atoms with Gasteiger partial charge in [-0.3, -0.25) is 4.79 Å². The lowest BCUT2D eigenvalue weighted by molar-refractivity contribution is -0.153. The van der Waals surface area contributed by atoms with E-state index in [0.29, 0.717) is 0 Å². The van der Waals surface area contributed by atoms with Crippen LogP contribution in [0.3, 0.4) is 0 Å². The van der Waals surface area contributed by atoms with Crippen LogP contribution in [-0.4, -0.2) is 16.9 Å². The van der Waals surface area contributed by atoms with E-state index in [0.717, 1.165) is 0 Å². The van der Waals surface area contributed by atoms with Crippen LogP contribution in [0, 0.1) is 0 Å². The number of rotatable bonds is 2. The third-order valence-electron chi connectivity index (χ3n) is 0.670. The Morgan fingerprint density at radius 2 is 2.10 bits per heavy atom. The molecule has 0 saturated carbocycles. The molecule has 0 aromatic rings. The van der Waals surface area contributed by atoms with E-state index in [1.165, 1.54) is 5.37 Å². The van der Waals surface area contributed by atoms with Crippen molar-refractivity contribution in [2.24, 2.45) is 0 Å². The molecule has 0 rings (SSSR count). The summed E-state index contributed by atoms with van der Waals surface area (Å²) in [5, 5.41) is 1.37. The second kappa shape index (κ2) is 3.66. The van der Waals surface area contributed by atoms with Crippen molar-refractivity contribution in [3.8, 4) is 0 Å². The van der Waals surface area contributed by atoms with Crippen molar-refractivity contribution in [2.75, 3.05) is 0 Å². The lowest BCUT2D eigenvalue weighted by atomic mass is 10.2. The SMILES string of the molecule is CC(C)(C)OC(=O)CC=S. The van der Waals surface area contributed by atoms with Gasteiger partial charge in [-0.2, -0.15) is 0 Å². The van der Waals surface area contributed by atoms with Crippen molar-refractivity contribution >= 4 is 23.6 Å². The number of esters is 1. The first-order valence-corrected chi connectivity index (χ1v) is 3.58. The molecule has 0 unspecified atom stereocenters. The Labute approximate surface area is 66.6 Å². The predicted molar refractivity (Wildman–Crippen MR) is 44.1 cm³/mol. The highest BCUT2D eigenvalue weighted by atomic mass is 32.1. The number of ether oxygens (including phenoxy) is 1. The summed E-state index contributed by atoms with van der Waals surface area (Å²) in [4.78, 5) is 10.7. The minimum absolute atomic E-state index is 0.215. The summed E-state index contributed by atoms with van der Waals surface area (Å²) < 4.78 is 4.94. The van der Waals surface area contributed by atoms with Gasteiger partial charge in [0.05, 0.1) is 6.42 Å². The van der Waals surface area contributed by atoms with E-state index in [9.17, 15) is 4.79 Å². The monoisotopic (exact) mass is 160 g/mol. The van der Waals surface area contributed by atoms with Crippen LogP contribution < -0.4 is 0 Å². The standard InChI is InChI=1S/C7H12O2S/c1-7(2,3)9-6(8)4-5-10/h5H,4H2,1-3H3. The number of carbonyl (C=O) groups excluding carboxylic acids is 1. The lowest BCUT2D eigenvalue weighted by Crippen LogP contribution is -2.23. The first-order chi connectivity index (χ1) is 4.45. The molecule has 0 aliphatic rings. The number of thiocarbonyl (C=S) groups is 1. The molecule has 0 aromatic carbocycles. The minimum atomic E-state index is -0.393. The zero-order valence-electron chi connectivity index (χ0n) is 6.51. The lowest BCUT2D eigenvalue weighted by Gasteiger charge is -2.18. The normalized spacial score (nSPS) is 10.7. The molecule has 0 aliphatic heterocycles.